The van der Waals surface area contributed by atoms with E-state index in [1.54, 1.807) is 49.7 Å². The standard InChI is InChI=1S/C33H42FN5O5/c1-21-15-22-24(37-21)9-10-26(29(22)34)44-30-23-16-27(43-19-32(2,3)18-33(4,5)31(40)38-41)28(17-25(23)35-20-36-30)42-14-8-13-39-11-6-7-12-39/h9-10,15-17,20,37,41H,6-8,11-14,18-19H2,1-5H3,(H,38,40). The molecular weight excluding hydrogens is 565 g/mol. The number of aromatic amines is 1. The lowest BCUT2D eigenvalue weighted by Gasteiger charge is -2.33. The van der Waals surface area contributed by atoms with Crippen LogP contribution in [0.3, 0.4) is 0 Å². The molecule has 0 unspecified atom stereocenters. The molecule has 1 aliphatic heterocycles. The van der Waals surface area contributed by atoms with Crippen LogP contribution < -0.4 is 19.7 Å². The van der Waals surface area contributed by atoms with E-state index in [2.05, 4.69) is 19.9 Å². The molecule has 3 heterocycles. The van der Waals surface area contributed by atoms with Gasteiger partial charge < -0.3 is 24.1 Å². The van der Waals surface area contributed by atoms with Crippen LogP contribution in [0, 0.1) is 23.6 Å². The van der Waals surface area contributed by atoms with Gasteiger partial charge in [0, 0.05) is 34.6 Å². The van der Waals surface area contributed by atoms with E-state index >= 15 is 4.39 Å². The molecule has 3 N–H and O–H groups in total. The number of carbonyl (C=O) groups excluding carboxylic acids is 1. The maximum atomic E-state index is 15.4. The number of aryl methyl sites for hydroxylation is 1. The number of benzene rings is 2. The molecule has 1 saturated heterocycles. The lowest BCUT2D eigenvalue weighted by Crippen LogP contribution is -2.39. The maximum Gasteiger partial charge on any atom is 0.249 e. The molecule has 236 valence electrons. The van der Waals surface area contributed by atoms with Gasteiger partial charge in [-0.2, -0.15) is 0 Å². The maximum absolute atomic E-state index is 15.4. The minimum atomic E-state index is -0.821. The summed E-state index contributed by atoms with van der Waals surface area (Å²) in [5.41, 5.74) is 2.59. The summed E-state index contributed by atoms with van der Waals surface area (Å²) in [5, 5.41) is 10.2. The van der Waals surface area contributed by atoms with Gasteiger partial charge in [-0.25, -0.2) is 19.8 Å². The van der Waals surface area contributed by atoms with Gasteiger partial charge in [0.1, 0.15) is 6.33 Å². The van der Waals surface area contributed by atoms with Crippen molar-refractivity contribution in [3.63, 3.8) is 0 Å². The van der Waals surface area contributed by atoms with E-state index in [-0.39, 0.29) is 18.2 Å². The van der Waals surface area contributed by atoms with E-state index in [0.29, 0.717) is 46.3 Å². The third-order valence-corrected chi connectivity index (χ3v) is 8.04. The summed E-state index contributed by atoms with van der Waals surface area (Å²) in [4.78, 5) is 26.6. The second-order valence-corrected chi connectivity index (χ2v) is 13.1. The Hall–Kier alpha value is -3.96. The first kappa shape index (κ1) is 31.5. The number of nitrogens with zero attached hydrogens (tertiary/aromatic N) is 3. The molecule has 1 amide bonds. The molecule has 0 spiro atoms. The first-order chi connectivity index (χ1) is 21.0. The topological polar surface area (TPSA) is 122 Å². The number of hydrogen-bond donors (Lipinski definition) is 3. The van der Waals surface area contributed by atoms with Crippen LogP contribution in [0.1, 0.15) is 59.1 Å². The van der Waals surface area contributed by atoms with Crippen molar-refractivity contribution < 1.29 is 28.6 Å². The molecule has 2 aromatic carbocycles. The summed E-state index contributed by atoms with van der Waals surface area (Å²) in [5.74, 6) is 0.287. The van der Waals surface area contributed by atoms with Crippen LogP contribution in [-0.2, 0) is 4.79 Å². The third-order valence-electron chi connectivity index (χ3n) is 8.04. The molecule has 10 nitrogen and oxygen atoms in total. The number of aromatic nitrogens is 3. The van der Waals surface area contributed by atoms with Gasteiger partial charge in [-0.05, 0) is 75.4 Å². The van der Waals surface area contributed by atoms with Gasteiger partial charge in [0.25, 0.3) is 0 Å². The van der Waals surface area contributed by atoms with Crippen LogP contribution in [-0.4, -0.2) is 63.8 Å². The first-order valence-electron chi connectivity index (χ1n) is 15.1. The van der Waals surface area contributed by atoms with Crippen molar-refractivity contribution in [1.82, 2.24) is 25.3 Å². The summed E-state index contributed by atoms with van der Waals surface area (Å²) in [6.45, 7) is 13.4. The van der Waals surface area contributed by atoms with Crippen molar-refractivity contribution in [2.24, 2.45) is 10.8 Å². The van der Waals surface area contributed by atoms with Crippen LogP contribution in [0.25, 0.3) is 21.8 Å². The minimum Gasteiger partial charge on any atom is -0.490 e. The molecule has 2 aromatic heterocycles. The smallest absolute Gasteiger partial charge is 0.249 e. The van der Waals surface area contributed by atoms with E-state index in [1.165, 1.54) is 19.2 Å². The number of nitrogens with one attached hydrogen (secondary N) is 2. The highest BCUT2D eigenvalue weighted by Crippen LogP contribution is 2.40. The molecule has 11 heteroatoms. The fourth-order valence-corrected chi connectivity index (χ4v) is 6.05. The Labute approximate surface area is 256 Å². The Morgan fingerprint density at radius 3 is 2.55 bits per heavy atom. The summed E-state index contributed by atoms with van der Waals surface area (Å²) < 4.78 is 34.0. The fourth-order valence-electron chi connectivity index (χ4n) is 6.05. The number of carbonyl (C=O) groups is 1. The Balaban J connectivity index is 1.42. The highest BCUT2D eigenvalue weighted by molar-refractivity contribution is 5.87. The molecule has 1 aliphatic rings. The predicted octanol–water partition coefficient (Wildman–Crippen LogP) is 6.54. The molecule has 44 heavy (non-hydrogen) atoms. The van der Waals surface area contributed by atoms with Crippen molar-refractivity contribution in [1.29, 1.82) is 0 Å². The first-order valence-corrected chi connectivity index (χ1v) is 15.1. The van der Waals surface area contributed by atoms with Crippen LogP contribution in [0.5, 0.6) is 23.1 Å². The lowest BCUT2D eigenvalue weighted by molar-refractivity contribution is -0.140. The van der Waals surface area contributed by atoms with Gasteiger partial charge in [0.15, 0.2) is 23.1 Å². The Morgan fingerprint density at radius 2 is 1.80 bits per heavy atom. The number of amides is 1. The molecule has 0 aliphatic carbocycles. The monoisotopic (exact) mass is 607 g/mol. The van der Waals surface area contributed by atoms with E-state index in [4.69, 9.17) is 14.2 Å². The summed E-state index contributed by atoms with van der Waals surface area (Å²) in [7, 11) is 0. The summed E-state index contributed by atoms with van der Waals surface area (Å²) >= 11 is 0. The van der Waals surface area contributed by atoms with Crippen molar-refractivity contribution in [3.05, 3.63) is 48.2 Å². The zero-order valence-electron chi connectivity index (χ0n) is 26.1. The molecule has 0 atom stereocenters. The van der Waals surface area contributed by atoms with Crippen LogP contribution in [0.2, 0.25) is 0 Å². The van der Waals surface area contributed by atoms with Gasteiger partial charge >= 0.3 is 0 Å². The fraction of sp³-hybridized carbons (Fsp3) is 0.485. The van der Waals surface area contributed by atoms with Gasteiger partial charge in [-0.3, -0.25) is 10.0 Å². The number of halogens is 1. The summed E-state index contributed by atoms with van der Waals surface area (Å²) in [6.07, 6.45) is 5.17. The number of fused-ring (bicyclic) bond motifs is 2. The zero-order chi connectivity index (χ0) is 31.5. The quantitative estimate of drug-likeness (QED) is 0.0890. The molecule has 0 radical (unpaired) electrons. The summed E-state index contributed by atoms with van der Waals surface area (Å²) in [6, 6.07) is 8.64. The van der Waals surface area contributed by atoms with E-state index < -0.39 is 22.6 Å². The lowest BCUT2D eigenvalue weighted by atomic mass is 9.75. The van der Waals surface area contributed by atoms with Crippen molar-refractivity contribution in [2.45, 2.75) is 60.3 Å². The zero-order valence-corrected chi connectivity index (χ0v) is 26.1. The molecule has 4 aromatic rings. The third kappa shape index (κ3) is 7.22. The van der Waals surface area contributed by atoms with E-state index in [0.717, 1.165) is 31.7 Å². The normalized spacial score (nSPS) is 14.3. The predicted molar refractivity (Wildman–Crippen MR) is 166 cm³/mol. The van der Waals surface area contributed by atoms with E-state index in [1.807, 2.05) is 20.8 Å². The SMILES string of the molecule is Cc1cc2c(F)c(Oc3ncnc4cc(OCCCN5CCCC5)c(OCC(C)(C)CC(C)(C)C(=O)NO)cc34)ccc2[nH]1. The number of H-pyrrole nitrogens is 1. The second-order valence-electron chi connectivity index (χ2n) is 13.1. The molecule has 0 bridgehead atoms. The van der Waals surface area contributed by atoms with Gasteiger partial charge in [0.2, 0.25) is 11.8 Å². The van der Waals surface area contributed by atoms with Crippen LogP contribution in [0.15, 0.2) is 36.7 Å². The highest BCUT2D eigenvalue weighted by atomic mass is 19.1. The second kappa shape index (κ2) is 13.0. The number of rotatable bonds is 13. The van der Waals surface area contributed by atoms with Crippen molar-refractivity contribution in [3.8, 4) is 23.1 Å². The minimum absolute atomic E-state index is 0.0479. The molecule has 1 fully saturated rings. The Kier molecular flexibility index (Phi) is 9.26. The molecule has 5 rings (SSSR count). The van der Waals surface area contributed by atoms with Gasteiger partial charge in [-0.15, -0.1) is 0 Å². The van der Waals surface area contributed by atoms with Crippen LogP contribution in [0.4, 0.5) is 4.39 Å². The van der Waals surface area contributed by atoms with Gasteiger partial charge in [0.05, 0.1) is 24.1 Å². The number of ether oxygens (including phenoxy) is 3. The number of likely N-dealkylation sites (tertiary alicyclic amines) is 1. The van der Waals surface area contributed by atoms with Crippen molar-refractivity contribution in [2.75, 3.05) is 32.8 Å². The average molecular weight is 608 g/mol. The van der Waals surface area contributed by atoms with E-state index in [9.17, 15) is 10.0 Å². The van der Waals surface area contributed by atoms with Crippen molar-refractivity contribution >= 4 is 27.7 Å². The Morgan fingerprint density at radius 1 is 1.05 bits per heavy atom. The largest absolute Gasteiger partial charge is 0.490 e. The average Bonchev–Trinajstić information content (AvgIpc) is 3.64. The van der Waals surface area contributed by atoms with Crippen LogP contribution >= 0.6 is 0 Å². The molecule has 0 saturated carbocycles. The number of hydrogen-bond acceptors (Lipinski definition) is 8. The highest BCUT2D eigenvalue weighted by Gasteiger charge is 2.35. The molecular formula is C33H42FN5O5. The Bertz CT molecular complexity index is 1630. The van der Waals surface area contributed by atoms with Gasteiger partial charge in [-0.1, -0.05) is 27.7 Å². The number of hydroxylamine groups is 1.